The molecule has 0 radical (unpaired) electrons. The van der Waals surface area contributed by atoms with Gasteiger partial charge in [-0.1, -0.05) is 42.5 Å². The molecule has 0 N–H and O–H groups in total. The largest absolute Gasteiger partial charge is 0.253 e. The van der Waals surface area contributed by atoms with Crippen LogP contribution in [0.3, 0.4) is 0 Å². The zero-order valence-corrected chi connectivity index (χ0v) is 9.64. The van der Waals surface area contributed by atoms with Gasteiger partial charge >= 0.3 is 0 Å². The van der Waals surface area contributed by atoms with Gasteiger partial charge in [0.25, 0.3) is 0 Å². The van der Waals surface area contributed by atoms with Crippen molar-refractivity contribution in [3.63, 3.8) is 0 Å². The summed E-state index contributed by atoms with van der Waals surface area (Å²) < 4.78 is 0. The van der Waals surface area contributed by atoms with Crippen molar-refractivity contribution in [2.24, 2.45) is 4.99 Å². The molecule has 2 aromatic rings. The van der Waals surface area contributed by atoms with Crippen molar-refractivity contribution in [3.8, 4) is 0 Å². The summed E-state index contributed by atoms with van der Waals surface area (Å²) in [5.74, 6) is 0. The van der Waals surface area contributed by atoms with Crippen molar-refractivity contribution < 1.29 is 0 Å². The average Bonchev–Trinajstić information content (AvgIpc) is 2.30. The van der Waals surface area contributed by atoms with Crippen LogP contribution in [0, 0.1) is 6.92 Å². The normalized spacial score (nSPS) is 11.5. The minimum absolute atomic E-state index is 1.02. The summed E-state index contributed by atoms with van der Waals surface area (Å²) >= 11 is 0. The number of aryl methyl sites for hydroxylation is 1. The number of aliphatic imine (C=N–C) groups is 1. The number of hydrogen-bond donors (Lipinski definition) is 0. The van der Waals surface area contributed by atoms with Crippen LogP contribution in [0.25, 0.3) is 0 Å². The lowest BCUT2D eigenvalue weighted by Gasteiger charge is -2.01. The number of benzene rings is 2. The molecule has 16 heavy (non-hydrogen) atoms. The van der Waals surface area contributed by atoms with E-state index in [0.717, 1.165) is 11.4 Å². The zero-order valence-electron chi connectivity index (χ0n) is 9.64. The molecular weight excluding hydrogens is 194 g/mol. The van der Waals surface area contributed by atoms with Gasteiger partial charge in [0.15, 0.2) is 0 Å². The van der Waals surface area contributed by atoms with Gasteiger partial charge in [0, 0.05) is 5.71 Å². The Kier molecular flexibility index (Phi) is 3.16. The van der Waals surface area contributed by atoms with E-state index >= 15 is 0 Å². The van der Waals surface area contributed by atoms with Crippen LogP contribution in [-0.4, -0.2) is 5.71 Å². The first-order valence-electron chi connectivity index (χ1n) is 5.43. The highest BCUT2D eigenvalue weighted by molar-refractivity contribution is 6.00. The second-order valence-electron chi connectivity index (χ2n) is 3.90. The second-order valence-corrected chi connectivity index (χ2v) is 3.90. The van der Waals surface area contributed by atoms with Crippen molar-refractivity contribution in [1.82, 2.24) is 0 Å². The highest BCUT2D eigenvalue weighted by Gasteiger charge is 1.96. The van der Waals surface area contributed by atoms with Gasteiger partial charge in [-0.05, 0) is 37.1 Å². The van der Waals surface area contributed by atoms with Crippen LogP contribution >= 0.6 is 0 Å². The minimum Gasteiger partial charge on any atom is -0.253 e. The lowest BCUT2D eigenvalue weighted by molar-refractivity contribution is 1.41. The highest BCUT2D eigenvalue weighted by Crippen LogP contribution is 2.15. The van der Waals surface area contributed by atoms with E-state index in [-0.39, 0.29) is 0 Å². The summed E-state index contributed by atoms with van der Waals surface area (Å²) in [5.41, 5.74) is 4.47. The quantitative estimate of drug-likeness (QED) is 0.659. The molecule has 1 nitrogen and oxygen atoms in total. The van der Waals surface area contributed by atoms with Crippen LogP contribution in [0.5, 0.6) is 0 Å². The van der Waals surface area contributed by atoms with E-state index in [9.17, 15) is 0 Å². The van der Waals surface area contributed by atoms with Crippen molar-refractivity contribution in [1.29, 1.82) is 0 Å². The highest BCUT2D eigenvalue weighted by atomic mass is 14.7. The van der Waals surface area contributed by atoms with Gasteiger partial charge in [0.2, 0.25) is 0 Å². The van der Waals surface area contributed by atoms with Crippen molar-refractivity contribution >= 4 is 11.4 Å². The van der Waals surface area contributed by atoms with E-state index < -0.39 is 0 Å². The lowest BCUT2D eigenvalue weighted by atomic mass is 10.1. The zero-order chi connectivity index (χ0) is 11.4. The van der Waals surface area contributed by atoms with Gasteiger partial charge in [-0.3, -0.25) is 4.99 Å². The van der Waals surface area contributed by atoms with Crippen LogP contribution in [0.4, 0.5) is 5.69 Å². The van der Waals surface area contributed by atoms with Gasteiger partial charge in [-0.15, -0.1) is 0 Å². The maximum Gasteiger partial charge on any atom is 0.0635 e. The molecule has 0 saturated heterocycles. The molecule has 2 aromatic carbocycles. The number of nitrogens with zero attached hydrogens (tertiary/aromatic N) is 1. The number of hydrogen-bond acceptors (Lipinski definition) is 1. The van der Waals surface area contributed by atoms with Crippen LogP contribution < -0.4 is 0 Å². The van der Waals surface area contributed by atoms with E-state index in [0.29, 0.717) is 0 Å². The Balaban J connectivity index is 2.32. The smallest absolute Gasteiger partial charge is 0.0635 e. The first-order chi connectivity index (χ1) is 7.75. The van der Waals surface area contributed by atoms with Crippen LogP contribution in [-0.2, 0) is 0 Å². The molecule has 0 aliphatic carbocycles. The van der Waals surface area contributed by atoms with Gasteiger partial charge in [0.1, 0.15) is 0 Å². The van der Waals surface area contributed by atoms with Crippen molar-refractivity contribution in [2.45, 2.75) is 13.8 Å². The number of rotatable bonds is 2. The van der Waals surface area contributed by atoms with E-state index in [4.69, 9.17) is 0 Å². The monoisotopic (exact) mass is 209 g/mol. The maximum absolute atomic E-state index is 4.61. The minimum atomic E-state index is 1.02. The molecule has 0 amide bonds. The Morgan fingerprint density at radius 2 is 1.69 bits per heavy atom. The van der Waals surface area contributed by atoms with Crippen LogP contribution in [0.1, 0.15) is 18.1 Å². The predicted molar refractivity (Wildman–Crippen MR) is 69.5 cm³/mol. The Bertz CT molecular complexity index is 498. The predicted octanol–water partition coefficient (Wildman–Crippen LogP) is 4.14. The van der Waals surface area contributed by atoms with Gasteiger partial charge < -0.3 is 0 Å². The molecule has 0 aliphatic rings. The molecule has 0 aromatic heterocycles. The van der Waals surface area contributed by atoms with Gasteiger partial charge in [0.05, 0.1) is 5.69 Å². The molecule has 0 heterocycles. The van der Waals surface area contributed by atoms with E-state index in [1.54, 1.807) is 0 Å². The summed E-state index contributed by atoms with van der Waals surface area (Å²) in [6.45, 7) is 4.12. The maximum atomic E-state index is 4.61. The van der Waals surface area contributed by atoms with Gasteiger partial charge in [-0.2, -0.15) is 0 Å². The standard InChI is InChI=1S/C15H15N/c1-12-7-6-10-15(11-12)16-13(2)14-8-4-3-5-9-14/h3-11H,1-2H3/b16-13+. The van der Waals surface area contributed by atoms with Gasteiger partial charge in [-0.25, -0.2) is 0 Å². The fourth-order valence-electron chi connectivity index (χ4n) is 1.64. The molecule has 1 heteroatoms. The lowest BCUT2D eigenvalue weighted by Crippen LogP contribution is -1.92. The molecule has 0 fully saturated rings. The van der Waals surface area contributed by atoms with Crippen molar-refractivity contribution in [2.75, 3.05) is 0 Å². The first kappa shape index (κ1) is 10.6. The third-order valence-corrected chi connectivity index (χ3v) is 2.49. The molecule has 0 unspecified atom stereocenters. The summed E-state index contributed by atoms with van der Waals surface area (Å²) in [6.07, 6.45) is 0. The molecule has 0 bridgehead atoms. The topological polar surface area (TPSA) is 12.4 Å². The Morgan fingerprint density at radius 3 is 2.38 bits per heavy atom. The van der Waals surface area contributed by atoms with E-state index in [1.807, 2.05) is 37.3 Å². The summed E-state index contributed by atoms with van der Waals surface area (Å²) in [6, 6.07) is 18.5. The molecule has 0 atom stereocenters. The van der Waals surface area contributed by atoms with E-state index in [1.165, 1.54) is 11.1 Å². The third kappa shape index (κ3) is 2.57. The SMILES string of the molecule is C/C(=N\c1cccc(C)c1)c1ccccc1. The van der Waals surface area contributed by atoms with Crippen LogP contribution in [0.2, 0.25) is 0 Å². The van der Waals surface area contributed by atoms with E-state index in [2.05, 4.69) is 36.2 Å². The molecule has 0 aliphatic heterocycles. The fraction of sp³-hybridized carbons (Fsp3) is 0.133. The third-order valence-electron chi connectivity index (χ3n) is 2.49. The molecular formula is C15H15N. The summed E-state index contributed by atoms with van der Waals surface area (Å²) in [5, 5.41) is 0. The average molecular weight is 209 g/mol. The summed E-state index contributed by atoms with van der Waals surface area (Å²) in [4.78, 5) is 4.61. The molecule has 0 saturated carbocycles. The Labute approximate surface area is 96.5 Å². The Morgan fingerprint density at radius 1 is 0.938 bits per heavy atom. The summed E-state index contributed by atoms with van der Waals surface area (Å²) in [7, 11) is 0. The fourth-order valence-corrected chi connectivity index (χ4v) is 1.64. The van der Waals surface area contributed by atoms with Crippen LogP contribution in [0.15, 0.2) is 59.6 Å². The molecule has 80 valence electrons. The first-order valence-corrected chi connectivity index (χ1v) is 5.43. The molecule has 0 spiro atoms. The van der Waals surface area contributed by atoms with Crippen molar-refractivity contribution in [3.05, 3.63) is 65.7 Å². The Hall–Kier alpha value is -1.89. The molecule has 2 rings (SSSR count). The second kappa shape index (κ2) is 4.75.